The summed E-state index contributed by atoms with van der Waals surface area (Å²) in [4.78, 5) is 11.6. The fraction of sp³-hybridized carbons (Fsp3) is 0.125. The zero-order chi connectivity index (χ0) is 23.1. The average Bonchev–Trinajstić information content (AvgIpc) is 2.76. The van der Waals surface area contributed by atoms with E-state index in [9.17, 15) is 18.0 Å². The predicted octanol–water partition coefficient (Wildman–Crippen LogP) is 7.16. The normalized spacial score (nSPS) is 11.9. The highest BCUT2D eigenvalue weighted by atomic mass is 79.9. The third-order valence-electron chi connectivity index (χ3n) is 4.40. The van der Waals surface area contributed by atoms with Crippen molar-refractivity contribution < 1.29 is 27.8 Å². The van der Waals surface area contributed by atoms with Gasteiger partial charge in [-0.05, 0) is 63.0 Å². The van der Waals surface area contributed by atoms with Gasteiger partial charge in [0.15, 0.2) is 6.61 Å². The van der Waals surface area contributed by atoms with Crippen LogP contribution < -0.4 is 4.74 Å². The lowest BCUT2D eigenvalue weighted by Gasteiger charge is -2.12. The molecule has 0 heterocycles. The molecule has 0 aromatic heterocycles. The number of thioether (sulfide) groups is 1. The first-order chi connectivity index (χ1) is 15.2. The fourth-order valence-corrected chi connectivity index (χ4v) is 4.36. The minimum absolute atomic E-state index is 0.429. The van der Waals surface area contributed by atoms with E-state index in [-0.39, 0.29) is 0 Å². The third-order valence-corrected chi connectivity index (χ3v) is 5.94. The van der Waals surface area contributed by atoms with Gasteiger partial charge in [-0.15, -0.1) is 11.8 Å². The van der Waals surface area contributed by atoms with Crippen molar-refractivity contribution in [1.82, 2.24) is 0 Å². The molecule has 3 rings (SSSR count). The molecule has 0 spiro atoms. The van der Waals surface area contributed by atoms with Gasteiger partial charge in [0.25, 0.3) is 0 Å². The Balaban J connectivity index is 1.79. The van der Waals surface area contributed by atoms with Gasteiger partial charge in [-0.3, -0.25) is 0 Å². The highest BCUT2D eigenvalue weighted by Gasteiger charge is 2.30. The highest BCUT2D eigenvalue weighted by molar-refractivity contribution is 9.10. The van der Waals surface area contributed by atoms with Crippen LogP contribution in [-0.4, -0.2) is 23.4 Å². The van der Waals surface area contributed by atoms with Crippen molar-refractivity contribution >= 4 is 39.2 Å². The standard InChI is InChI=1S/C24H18BrF3O3S/c25-21-14-19(10-11-22(21)31-15-23(29)30)32-13-12-20(16-4-2-1-3-5-16)17-6-8-18(9-7-17)24(26,27)28/h1-12,14H,13,15H2,(H,29,30). The summed E-state index contributed by atoms with van der Waals surface area (Å²) >= 11 is 4.91. The molecule has 1 N–H and O–H groups in total. The van der Waals surface area contributed by atoms with E-state index in [1.807, 2.05) is 48.5 Å². The van der Waals surface area contributed by atoms with Gasteiger partial charge in [0, 0.05) is 10.6 Å². The molecule has 32 heavy (non-hydrogen) atoms. The number of rotatable bonds is 8. The van der Waals surface area contributed by atoms with Crippen molar-refractivity contribution in [2.45, 2.75) is 11.1 Å². The summed E-state index contributed by atoms with van der Waals surface area (Å²) in [7, 11) is 0. The smallest absolute Gasteiger partial charge is 0.416 e. The number of benzene rings is 3. The van der Waals surface area contributed by atoms with Crippen molar-refractivity contribution in [3.8, 4) is 5.75 Å². The van der Waals surface area contributed by atoms with Crippen LogP contribution in [0, 0.1) is 0 Å². The Morgan fingerprint density at radius 2 is 1.66 bits per heavy atom. The van der Waals surface area contributed by atoms with Gasteiger partial charge in [0.1, 0.15) is 5.75 Å². The van der Waals surface area contributed by atoms with Crippen molar-refractivity contribution in [2.75, 3.05) is 12.4 Å². The number of ether oxygens (including phenoxy) is 1. The maximum absolute atomic E-state index is 12.9. The molecule has 0 bridgehead atoms. The Kier molecular flexibility index (Phi) is 8.04. The first-order valence-corrected chi connectivity index (χ1v) is 11.2. The Labute approximate surface area is 196 Å². The summed E-state index contributed by atoms with van der Waals surface area (Å²) in [6, 6.07) is 20.0. The van der Waals surface area contributed by atoms with Crippen molar-refractivity contribution in [3.63, 3.8) is 0 Å². The number of hydrogen-bond acceptors (Lipinski definition) is 3. The second-order valence-electron chi connectivity index (χ2n) is 6.64. The summed E-state index contributed by atoms with van der Waals surface area (Å²) in [6.45, 7) is -0.429. The molecule has 166 valence electrons. The number of hydrogen-bond donors (Lipinski definition) is 1. The van der Waals surface area contributed by atoms with E-state index < -0.39 is 24.3 Å². The van der Waals surface area contributed by atoms with E-state index in [2.05, 4.69) is 15.9 Å². The van der Waals surface area contributed by atoms with Gasteiger partial charge >= 0.3 is 12.1 Å². The minimum atomic E-state index is -4.38. The monoisotopic (exact) mass is 522 g/mol. The summed E-state index contributed by atoms with van der Waals surface area (Å²) in [5.74, 6) is -0.0493. The molecule has 8 heteroatoms. The Morgan fingerprint density at radius 3 is 2.25 bits per heavy atom. The van der Waals surface area contributed by atoms with Crippen LogP contribution in [0.4, 0.5) is 13.2 Å². The first kappa shape index (κ1) is 23.9. The Bertz CT molecular complexity index is 1100. The van der Waals surface area contributed by atoms with Gasteiger partial charge < -0.3 is 9.84 Å². The van der Waals surface area contributed by atoms with E-state index in [1.54, 1.807) is 6.07 Å². The van der Waals surface area contributed by atoms with Crippen molar-refractivity contribution in [3.05, 3.63) is 100 Å². The summed E-state index contributed by atoms with van der Waals surface area (Å²) < 4.78 is 44.6. The van der Waals surface area contributed by atoms with Gasteiger partial charge in [0.2, 0.25) is 0 Å². The van der Waals surface area contributed by atoms with Gasteiger partial charge in [-0.2, -0.15) is 13.2 Å². The first-order valence-electron chi connectivity index (χ1n) is 9.44. The van der Waals surface area contributed by atoms with Crippen molar-refractivity contribution in [2.24, 2.45) is 0 Å². The maximum Gasteiger partial charge on any atom is 0.416 e. The SMILES string of the molecule is O=C(O)COc1ccc(SCC=C(c2ccccc2)c2ccc(C(F)(F)F)cc2)cc1Br. The number of carboxylic acids is 1. The summed E-state index contributed by atoms with van der Waals surface area (Å²) in [5, 5.41) is 8.72. The fourth-order valence-electron chi connectivity index (χ4n) is 2.91. The molecule has 3 aromatic carbocycles. The van der Waals surface area contributed by atoms with E-state index >= 15 is 0 Å². The molecule has 0 saturated carbocycles. The second kappa shape index (κ2) is 10.7. The topological polar surface area (TPSA) is 46.5 Å². The van der Waals surface area contributed by atoms with Crippen LogP contribution in [0.15, 0.2) is 88.2 Å². The molecule has 0 radical (unpaired) electrons. The van der Waals surface area contributed by atoms with E-state index in [4.69, 9.17) is 9.84 Å². The highest BCUT2D eigenvalue weighted by Crippen LogP contribution is 2.33. The number of carboxylic acid groups (broad SMARTS) is 1. The van der Waals surface area contributed by atoms with Crippen LogP contribution in [-0.2, 0) is 11.0 Å². The van der Waals surface area contributed by atoms with Crippen LogP contribution in [0.2, 0.25) is 0 Å². The summed E-state index contributed by atoms with van der Waals surface area (Å²) in [6.07, 6.45) is -2.40. The van der Waals surface area contributed by atoms with Gasteiger partial charge in [0.05, 0.1) is 10.0 Å². The molecular weight excluding hydrogens is 505 g/mol. The third kappa shape index (κ3) is 6.64. The number of carbonyl (C=O) groups is 1. The molecule has 3 aromatic rings. The Morgan fingerprint density at radius 1 is 1.00 bits per heavy atom. The van der Waals surface area contributed by atoms with Gasteiger partial charge in [-0.1, -0.05) is 48.5 Å². The van der Waals surface area contributed by atoms with Crippen LogP contribution in [0.25, 0.3) is 5.57 Å². The molecule has 0 aliphatic rings. The largest absolute Gasteiger partial charge is 0.481 e. The van der Waals surface area contributed by atoms with Crippen LogP contribution in [0.5, 0.6) is 5.75 Å². The van der Waals surface area contributed by atoms with Gasteiger partial charge in [-0.25, -0.2) is 4.79 Å². The Hall–Kier alpha value is -2.71. The van der Waals surface area contributed by atoms with Crippen LogP contribution >= 0.6 is 27.7 Å². The number of alkyl halides is 3. The number of aliphatic carboxylic acids is 1. The predicted molar refractivity (Wildman–Crippen MR) is 123 cm³/mol. The van der Waals surface area contributed by atoms with E-state index in [0.717, 1.165) is 28.2 Å². The maximum atomic E-state index is 12.9. The quantitative estimate of drug-likeness (QED) is 0.319. The molecule has 0 aliphatic carbocycles. The molecule has 0 atom stereocenters. The van der Waals surface area contributed by atoms with E-state index in [0.29, 0.717) is 21.5 Å². The molecule has 0 unspecified atom stereocenters. The van der Waals surface area contributed by atoms with E-state index in [1.165, 1.54) is 23.9 Å². The lowest BCUT2D eigenvalue weighted by atomic mass is 9.97. The molecule has 0 fully saturated rings. The lowest BCUT2D eigenvalue weighted by molar-refractivity contribution is -0.139. The lowest BCUT2D eigenvalue weighted by Crippen LogP contribution is -2.09. The minimum Gasteiger partial charge on any atom is -0.481 e. The zero-order valence-electron chi connectivity index (χ0n) is 16.6. The molecular formula is C24H18BrF3O3S. The second-order valence-corrected chi connectivity index (χ2v) is 8.59. The molecule has 0 amide bonds. The van der Waals surface area contributed by atoms with Crippen molar-refractivity contribution in [1.29, 1.82) is 0 Å². The van der Waals surface area contributed by atoms with Crippen LogP contribution in [0.3, 0.4) is 0 Å². The summed E-state index contributed by atoms with van der Waals surface area (Å²) in [5.41, 5.74) is 1.76. The zero-order valence-corrected chi connectivity index (χ0v) is 19.0. The van der Waals surface area contributed by atoms with Crippen LogP contribution in [0.1, 0.15) is 16.7 Å². The molecule has 3 nitrogen and oxygen atoms in total. The number of halogens is 4. The molecule has 0 saturated heterocycles. The average molecular weight is 523 g/mol. The molecule has 0 aliphatic heterocycles.